The number of carbonyl (C=O) groups is 2. The van der Waals surface area contributed by atoms with E-state index in [0.717, 1.165) is 12.0 Å². The van der Waals surface area contributed by atoms with Crippen molar-refractivity contribution in [1.82, 2.24) is 5.32 Å². The number of carboxylic acids is 2. The number of nitrogens with one attached hydrogen (secondary N) is 1. The van der Waals surface area contributed by atoms with E-state index in [1.807, 2.05) is 30.3 Å². The van der Waals surface area contributed by atoms with Crippen LogP contribution in [0.5, 0.6) is 0 Å². The van der Waals surface area contributed by atoms with E-state index in [0.29, 0.717) is 19.4 Å². The number of rotatable bonds is 9. The lowest BCUT2D eigenvalue weighted by Gasteiger charge is -2.22. The molecule has 0 radical (unpaired) electrons. The normalized spacial score (nSPS) is 12.3. The molecule has 22 heavy (non-hydrogen) atoms. The zero-order chi connectivity index (χ0) is 15.9. The molecule has 0 aliphatic heterocycles. The van der Waals surface area contributed by atoms with E-state index in [-0.39, 0.29) is 12.4 Å². The number of carboxylic acid groups (broad SMARTS) is 2. The third kappa shape index (κ3) is 6.91. The van der Waals surface area contributed by atoms with Gasteiger partial charge in [-0.25, -0.2) is 0 Å². The van der Waals surface area contributed by atoms with Gasteiger partial charge in [0.05, 0.1) is 5.41 Å². The topological polar surface area (TPSA) is 86.6 Å². The van der Waals surface area contributed by atoms with E-state index in [1.54, 1.807) is 13.8 Å². The fraction of sp³-hybridized carbons (Fsp3) is 0.500. The third-order valence-corrected chi connectivity index (χ3v) is 3.58. The van der Waals surface area contributed by atoms with Crippen LogP contribution in [0.1, 0.15) is 32.3 Å². The molecule has 1 rings (SSSR count). The van der Waals surface area contributed by atoms with Crippen LogP contribution in [0.2, 0.25) is 0 Å². The Morgan fingerprint density at radius 3 is 2.27 bits per heavy atom. The van der Waals surface area contributed by atoms with Gasteiger partial charge in [-0.05, 0) is 45.2 Å². The molecule has 0 aliphatic carbocycles. The van der Waals surface area contributed by atoms with Crippen molar-refractivity contribution in [2.45, 2.75) is 39.2 Å². The number of hydrogen-bond donors (Lipinski definition) is 3. The maximum atomic E-state index is 11.2. The first kappa shape index (κ1) is 20.4. The van der Waals surface area contributed by atoms with Crippen molar-refractivity contribution in [2.24, 2.45) is 5.41 Å². The predicted molar refractivity (Wildman–Crippen MR) is 87.5 cm³/mol. The highest BCUT2D eigenvalue weighted by Gasteiger charge is 2.29. The van der Waals surface area contributed by atoms with Crippen molar-refractivity contribution in [2.75, 3.05) is 6.54 Å². The Morgan fingerprint density at radius 2 is 1.77 bits per heavy atom. The van der Waals surface area contributed by atoms with Gasteiger partial charge in [0.2, 0.25) is 0 Å². The summed E-state index contributed by atoms with van der Waals surface area (Å²) in [5.74, 6) is -1.85. The molecule has 0 amide bonds. The fourth-order valence-electron chi connectivity index (χ4n) is 1.96. The fourth-order valence-corrected chi connectivity index (χ4v) is 1.96. The van der Waals surface area contributed by atoms with Gasteiger partial charge in [0.1, 0.15) is 6.04 Å². The van der Waals surface area contributed by atoms with E-state index < -0.39 is 23.4 Å². The van der Waals surface area contributed by atoms with Crippen molar-refractivity contribution in [3.8, 4) is 0 Å². The van der Waals surface area contributed by atoms with Gasteiger partial charge in [0.25, 0.3) is 0 Å². The summed E-state index contributed by atoms with van der Waals surface area (Å²) in [6.07, 6.45) is 1.36. The van der Waals surface area contributed by atoms with Crippen molar-refractivity contribution in [1.29, 1.82) is 0 Å². The van der Waals surface area contributed by atoms with Crippen LogP contribution < -0.4 is 5.32 Å². The summed E-state index contributed by atoms with van der Waals surface area (Å²) in [6.45, 7) is 3.77. The van der Waals surface area contributed by atoms with E-state index in [2.05, 4.69) is 5.32 Å². The van der Waals surface area contributed by atoms with Gasteiger partial charge in [-0.2, -0.15) is 0 Å². The third-order valence-electron chi connectivity index (χ3n) is 3.58. The summed E-state index contributed by atoms with van der Waals surface area (Å²) < 4.78 is 0. The minimum atomic E-state index is -0.941. The van der Waals surface area contributed by atoms with Crippen molar-refractivity contribution in [3.63, 3.8) is 0 Å². The largest absolute Gasteiger partial charge is 0.481 e. The average molecular weight is 330 g/mol. The Morgan fingerprint density at radius 1 is 1.18 bits per heavy atom. The maximum Gasteiger partial charge on any atom is 0.320 e. The zero-order valence-electron chi connectivity index (χ0n) is 12.9. The molecule has 0 heterocycles. The molecule has 3 N–H and O–H groups in total. The van der Waals surface area contributed by atoms with E-state index in [4.69, 9.17) is 5.11 Å². The molecular weight excluding hydrogens is 306 g/mol. The lowest BCUT2D eigenvalue weighted by Crippen LogP contribution is -2.39. The number of hydrogen-bond acceptors (Lipinski definition) is 3. The van der Waals surface area contributed by atoms with Gasteiger partial charge in [-0.3, -0.25) is 9.59 Å². The zero-order valence-corrected chi connectivity index (χ0v) is 13.7. The highest BCUT2D eigenvalue weighted by molar-refractivity contribution is 5.85. The SMILES string of the molecule is CC(C)(CCC(NCCc1ccccc1)C(=O)O)C(=O)O.Cl. The molecule has 0 aromatic heterocycles. The second kappa shape index (κ2) is 9.43. The standard InChI is InChI=1S/C16H23NO4.ClH/c1-16(2,15(20)21)10-8-13(14(18)19)17-11-9-12-6-4-3-5-7-12;/h3-7,13,17H,8-11H2,1-2H3,(H,18,19)(H,20,21);1H. The molecule has 1 atom stereocenters. The molecule has 0 aliphatic rings. The molecule has 1 aromatic carbocycles. The Hall–Kier alpha value is -1.59. The molecule has 1 unspecified atom stereocenters. The van der Waals surface area contributed by atoms with Crippen LogP contribution in [0, 0.1) is 5.41 Å². The Labute approximate surface area is 137 Å². The van der Waals surface area contributed by atoms with Gasteiger partial charge in [0, 0.05) is 0 Å². The number of benzene rings is 1. The quantitative estimate of drug-likeness (QED) is 0.648. The van der Waals surface area contributed by atoms with Crippen LogP contribution in [0.3, 0.4) is 0 Å². The predicted octanol–water partition coefficient (Wildman–Crippen LogP) is 2.58. The minimum Gasteiger partial charge on any atom is -0.481 e. The Bertz CT molecular complexity index is 476. The second-order valence-corrected chi connectivity index (χ2v) is 5.81. The molecule has 5 nitrogen and oxygen atoms in total. The van der Waals surface area contributed by atoms with Gasteiger partial charge >= 0.3 is 11.9 Å². The van der Waals surface area contributed by atoms with Crippen LogP contribution in [0.4, 0.5) is 0 Å². The lowest BCUT2D eigenvalue weighted by atomic mass is 9.86. The first-order valence-electron chi connectivity index (χ1n) is 7.06. The molecule has 124 valence electrons. The van der Waals surface area contributed by atoms with Crippen molar-refractivity contribution < 1.29 is 19.8 Å². The first-order chi connectivity index (χ1) is 9.83. The molecule has 1 aromatic rings. The Kier molecular flexibility index (Phi) is 8.75. The van der Waals surface area contributed by atoms with Crippen LogP contribution in [0.15, 0.2) is 30.3 Å². The second-order valence-electron chi connectivity index (χ2n) is 5.81. The van der Waals surface area contributed by atoms with Crippen molar-refractivity contribution in [3.05, 3.63) is 35.9 Å². The van der Waals surface area contributed by atoms with Crippen LogP contribution >= 0.6 is 12.4 Å². The van der Waals surface area contributed by atoms with Crippen LogP contribution in [-0.4, -0.2) is 34.7 Å². The van der Waals surface area contributed by atoms with Gasteiger partial charge in [-0.15, -0.1) is 12.4 Å². The van der Waals surface area contributed by atoms with E-state index in [1.165, 1.54) is 0 Å². The van der Waals surface area contributed by atoms with E-state index in [9.17, 15) is 14.7 Å². The maximum absolute atomic E-state index is 11.2. The summed E-state index contributed by atoms with van der Waals surface area (Å²) in [5, 5.41) is 21.2. The molecule has 0 spiro atoms. The highest BCUT2D eigenvalue weighted by Crippen LogP contribution is 2.23. The number of halogens is 1. The molecular formula is C16H24ClNO4. The highest BCUT2D eigenvalue weighted by atomic mass is 35.5. The van der Waals surface area contributed by atoms with Gasteiger partial charge < -0.3 is 15.5 Å². The summed E-state index contributed by atoms with van der Waals surface area (Å²) >= 11 is 0. The molecule has 6 heteroatoms. The molecule has 0 bridgehead atoms. The molecule has 0 saturated carbocycles. The van der Waals surface area contributed by atoms with E-state index >= 15 is 0 Å². The summed E-state index contributed by atoms with van der Waals surface area (Å²) in [6, 6.07) is 9.09. The van der Waals surface area contributed by atoms with Gasteiger partial charge in [0.15, 0.2) is 0 Å². The van der Waals surface area contributed by atoms with Crippen LogP contribution in [0.25, 0.3) is 0 Å². The first-order valence-corrected chi connectivity index (χ1v) is 7.06. The smallest absolute Gasteiger partial charge is 0.320 e. The average Bonchev–Trinajstić information content (AvgIpc) is 2.43. The molecule has 0 saturated heterocycles. The molecule has 0 fully saturated rings. The summed E-state index contributed by atoms with van der Waals surface area (Å²) in [5.41, 5.74) is 0.231. The van der Waals surface area contributed by atoms with Crippen LogP contribution in [-0.2, 0) is 16.0 Å². The van der Waals surface area contributed by atoms with Crippen molar-refractivity contribution >= 4 is 24.3 Å². The summed E-state index contributed by atoms with van der Waals surface area (Å²) in [7, 11) is 0. The Balaban J connectivity index is 0.00000441. The lowest BCUT2D eigenvalue weighted by molar-refractivity contribution is -0.148. The monoisotopic (exact) mass is 329 g/mol. The van der Waals surface area contributed by atoms with Gasteiger partial charge in [-0.1, -0.05) is 30.3 Å². The minimum absolute atomic E-state index is 0. The summed E-state index contributed by atoms with van der Waals surface area (Å²) in [4.78, 5) is 22.3. The number of aliphatic carboxylic acids is 2.